The van der Waals surface area contributed by atoms with Gasteiger partial charge in [0, 0.05) is 5.57 Å². The van der Waals surface area contributed by atoms with Crippen LogP contribution in [0.3, 0.4) is 0 Å². The third-order valence-electron chi connectivity index (χ3n) is 9.13. The van der Waals surface area contributed by atoms with Gasteiger partial charge in [-0.3, -0.25) is 0 Å². The van der Waals surface area contributed by atoms with Gasteiger partial charge in [0.2, 0.25) is 0 Å². The molecule has 0 bridgehead atoms. The third-order valence-corrected chi connectivity index (χ3v) is 9.13. The molecule has 1 atom stereocenters. The van der Waals surface area contributed by atoms with Crippen LogP contribution in [0.25, 0.3) is 0 Å². The Morgan fingerprint density at radius 1 is 0.429 bits per heavy atom. The predicted molar refractivity (Wildman–Crippen MR) is 188 cm³/mol. The van der Waals surface area contributed by atoms with Crippen molar-refractivity contribution in [3.8, 4) is 0 Å². The molecule has 42 heavy (non-hydrogen) atoms. The summed E-state index contributed by atoms with van der Waals surface area (Å²) in [5.74, 6) is -0.197. The highest BCUT2D eigenvalue weighted by Gasteiger charge is 2.14. The van der Waals surface area contributed by atoms with E-state index in [1.54, 1.807) is 6.92 Å². The van der Waals surface area contributed by atoms with Crippen molar-refractivity contribution in [2.75, 3.05) is 0 Å². The summed E-state index contributed by atoms with van der Waals surface area (Å²) in [7, 11) is 0. The van der Waals surface area contributed by atoms with Gasteiger partial charge in [0.05, 0.1) is 0 Å². The fourth-order valence-corrected chi connectivity index (χ4v) is 6.18. The van der Waals surface area contributed by atoms with Crippen molar-refractivity contribution in [1.29, 1.82) is 0 Å². The Balaban J connectivity index is 3.67. The minimum absolute atomic E-state index is 0.0859. The Bertz CT molecular complexity index is 554. The molecule has 0 saturated carbocycles. The van der Waals surface area contributed by atoms with Gasteiger partial charge in [-0.05, 0) is 32.6 Å². The third kappa shape index (κ3) is 32.1. The van der Waals surface area contributed by atoms with Crippen LogP contribution in [0.5, 0.6) is 0 Å². The van der Waals surface area contributed by atoms with Crippen LogP contribution in [0.2, 0.25) is 0 Å². The van der Waals surface area contributed by atoms with E-state index >= 15 is 0 Å². The van der Waals surface area contributed by atoms with Crippen LogP contribution in [0.4, 0.5) is 0 Å². The minimum atomic E-state index is -0.197. The van der Waals surface area contributed by atoms with Gasteiger partial charge in [0.25, 0.3) is 0 Å². The van der Waals surface area contributed by atoms with Gasteiger partial charge in [-0.2, -0.15) is 0 Å². The van der Waals surface area contributed by atoms with Crippen LogP contribution in [0, 0.1) is 0 Å². The first kappa shape index (κ1) is 41.2. The Labute approximate surface area is 266 Å². The molecule has 0 saturated heterocycles. The van der Waals surface area contributed by atoms with Crippen LogP contribution >= 0.6 is 0 Å². The molecule has 0 aromatic carbocycles. The van der Waals surface area contributed by atoms with Crippen LogP contribution < -0.4 is 0 Å². The molecule has 0 N–H and O–H groups in total. The van der Waals surface area contributed by atoms with E-state index in [0.717, 1.165) is 12.8 Å². The lowest BCUT2D eigenvalue weighted by molar-refractivity contribution is -0.145. The molecule has 0 heterocycles. The Kier molecular flexibility index (Phi) is 34.0. The van der Waals surface area contributed by atoms with E-state index < -0.39 is 0 Å². The zero-order chi connectivity index (χ0) is 30.8. The van der Waals surface area contributed by atoms with E-state index in [1.807, 2.05) is 0 Å². The van der Waals surface area contributed by atoms with Gasteiger partial charge in [0.15, 0.2) is 0 Å². The molecule has 0 aliphatic rings. The van der Waals surface area contributed by atoms with Gasteiger partial charge < -0.3 is 4.74 Å². The number of carbonyl (C=O) groups is 1. The average Bonchev–Trinajstić information content (AvgIpc) is 2.98. The summed E-state index contributed by atoms with van der Waals surface area (Å²) in [4.78, 5) is 12.2. The summed E-state index contributed by atoms with van der Waals surface area (Å²) < 4.78 is 5.82. The van der Waals surface area contributed by atoms with Crippen molar-refractivity contribution in [3.05, 3.63) is 12.2 Å². The van der Waals surface area contributed by atoms with Gasteiger partial charge in [0.1, 0.15) is 6.10 Å². The molecule has 2 nitrogen and oxygen atoms in total. The average molecular weight is 591 g/mol. The van der Waals surface area contributed by atoms with Crippen LogP contribution in [0.15, 0.2) is 12.2 Å². The minimum Gasteiger partial charge on any atom is -0.459 e. The summed E-state index contributed by atoms with van der Waals surface area (Å²) in [6, 6.07) is 0. The van der Waals surface area contributed by atoms with Crippen LogP contribution in [0.1, 0.15) is 233 Å². The van der Waals surface area contributed by atoms with E-state index in [-0.39, 0.29) is 12.1 Å². The van der Waals surface area contributed by atoms with E-state index in [2.05, 4.69) is 20.4 Å². The van der Waals surface area contributed by atoms with E-state index in [0.29, 0.717) is 5.57 Å². The Hall–Kier alpha value is -0.790. The maximum atomic E-state index is 12.2. The van der Waals surface area contributed by atoms with Crippen molar-refractivity contribution >= 4 is 5.97 Å². The van der Waals surface area contributed by atoms with Gasteiger partial charge in [-0.25, -0.2) is 4.79 Å². The molecule has 0 aliphatic heterocycles. The molecule has 250 valence electrons. The standard InChI is InChI=1S/C40H78O2/c1-5-7-9-11-13-15-17-19-21-23-25-27-29-31-33-35-37-39(42-40(41)38(3)4)36-34-32-30-28-26-24-22-20-18-16-14-12-10-8-6-2/h39H,3,5-37H2,1-2,4H3. The quantitative estimate of drug-likeness (QED) is 0.0417. The first-order valence-corrected chi connectivity index (χ1v) is 19.5. The monoisotopic (exact) mass is 591 g/mol. The first-order chi connectivity index (χ1) is 20.6. The smallest absolute Gasteiger partial charge is 0.333 e. The predicted octanol–water partition coefficient (Wildman–Crippen LogP) is 14.4. The zero-order valence-corrected chi connectivity index (χ0v) is 29.4. The molecule has 0 aromatic rings. The van der Waals surface area contributed by atoms with Crippen LogP contribution in [-0.2, 0) is 9.53 Å². The SMILES string of the molecule is C=C(C)C(=O)OC(CCCCCCCCCCCCCCCCC)CCCCCCCCCCCCCCCCCC. The molecule has 0 spiro atoms. The Morgan fingerprint density at radius 2 is 0.643 bits per heavy atom. The highest BCUT2D eigenvalue weighted by atomic mass is 16.5. The molecule has 0 radical (unpaired) electrons. The molecular weight excluding hydrogens is 512 g/mol. The molecule has 0 fully saturated rings. The van der Waals surface area contributed by atoms with Crippen molar-refractivity contribution in [3.63, 3.8) is 0 Å². The number of rotatable bonds is 35. The van der Waals surface area contributed by atoms with Crippen molar-refractivity contribution in [1.82, 2.24) is 0 Å². The molecule has 0 aromatic heterocycles. The zero-order valence-electron chi connectivity index (χ0n) is 29.4. The number of esters is 1. The number of carbonyl (C=O) groups excluding carboxylic acids is 1. The van der Waals surface area contributed by atoms with Gasteiger partial charge >= 0.3 is 5.97 Å². The fraction of sp³-hybridized carbons (Fsp3) is 0.925. The second kappa shape index (κ2) is 34.7. The van der Waals surface area contributed by atoms with E-state index in [1.165, 1.54) is 199 Å². The molecular formula is C40H78O2. The largest absolute Gasteiger partial charge is 0.459 e. The van der Waals surface area contributed by atoms with Gasteiger partial charge in [-0.15, -0.1) is 0 Å². The normalized spacial score (nSPS) is 12.1. The van der Waals surface area contributed by atoms with Crippen molar-refractivity contribution in [2.24, 2.45) is 0 Å². The number of ether oxygens (including phenoxy) is 1. The summed E-state index contributed by atoms with van der Waals surface area (Å²) >= 11 is 0. The maximum absolute atomic E-state index is 12.2. The fourth-order valence-electron chi connectivity index (χ4n) is 6.18. The summed E-state index contributed by atoms with van der Waals surface area (Å²) in [6.07, 6.45) is 45.2. The Morgan fingerprint density at radius 3 is 0.857 bits per heavy atom. The molecule has 2 heteroatoms. The van der Waals surface area contributed by atoms with E-state index in [4.69, 9.17) is 4.74 Å². The number of hydrogen-bond donors (Lipinski definition) is 0. The summed E-state index contributed by atoms with van der Waals surface area (Å²) in [5.41, 5.74) is 0.531. The molecule has 1 unspecified atom stereocenters. The van der Waals surface area contributed by atoms with Crippen molar-refractivity contribution in [2.45, 2.75) is 239 Å². The van der Waals surface area contributed by atoms with Gasteiger partial charge in [-0.1, -0.05) is 207 Å². The lowest BCUT2D eigenvalue weighted by Crippen LogP contribution is -2.18. The number of hydrogen-bond acceptors (Lipinski definition) is 2. The summed E-state index contributed by atoms with van der Waals surface area (Å²) in [5, 5.41) is 0. The highest BCUT2D eigenvalue weighted by molar-refractivity contribution is 5.87. The number of unbranched alkanes of at least 4 members (excludes halogenated alkanes) is 29. The summed E-state index contributed by atoms with van der Waals surface area (Å²) in [6.45, 7) is 10.1. The second-order valence-corrected chi connectivity index (χ2v) is 13.6. The molecule has 0 rings (SSSR count). The second-order valence-electron chi connectivity index (χ2n) is 13.6. The van der Waals surface area contributed by atoms with Crippen LogP contribution in [-0.4, -0.2) is 12.1 Å². The highest BCUT2D eigenvalue weighted by Crippen LogP contribution is 2.19. The topological polar surface area (TPSA) is 26.3 Å². The van der Waals surface area contributed by atoms with Crippen molar-refractivity contribution < 1.29 is 9.53 Å². The molecule has 0 aliphatic carbocycles. The first-order valence-electron chi connectivity index (χ1n) is 19.5. The lowest BCUT2D eigenvalue weighted by Gasteiger charge is -2.18. The lowest BCUT2D eigenvalue weighted by atomic mass is 10.0. The van der Waals surface area contributed by atoms with E-state index in [9.17, 15) is 4.79 Å². The maximum Gasteiger partial charge on any atom is 0.333 e. The molecule has 0 amide bonds.